The van der Waals surface area contributed by atoms with Crippen LogP contribution in [0.3, 0.4) is 0 Å². The first-order valence-corrected chi connectivity index (χ1v) is 8.29. The topological polar surface area (TPSA) is 58.6 Å². The molecule has 2 aromatic rings. The van der Waals surface area contributed by atoms with Crippen molar-refractivity contribution in [3.63, 3.8) is 0 Å². The van der Waals surface area contributed by atoms with E-state index in [0.717, 1.165) is 18.0 Å². The van der Waals surface area contributed by atoms with Crippen LogP contribution in [0.5, 0.6) is 5.75 Å². The van der Waals surface area contributed by atoms with E-state index in [-0.39, 0.29) is 12.4 Å². The van der Waals surface area contributed by atoms with Crippen LogP contribution in [0.4, 0.5) is 0 Å². The lowest BCUT2D eigenvalue weighted by Gasteiger charge is -2.13. The highest BCUT2D eigenvalue weighted by molar-refractivity contribution is 6.30. The molecular weight excluding hydrogens is 326 g/mol. The zero-order valence-corrected chi connectivity index (χ0v) is 14.4. The quantitative estimate of drug-likeness (QED) is 0.540. The number of ether oxygens (including phenoxy) is 1. The molecule has 0 saturated heterocycles. The summed E-state index contributed by atoms with van der Waals surface area (Å²) >= 11 is 5.85. The molecule has 0 amide bonds. The van der Waals surface area contributed by atoms with Crippen molar-refractivity contribution < 1.29 is 14.6 Å². The fraction of sp³-hybridized carbons (Fsp3) is 0.316. The first kappa shape index (κ1) is 18.5. The Bertz CT molecular complexity index is 658. The minimum Gasteiger partial charge on any atom is -0.491 e. The van der Waals surface area contributed by atoms with Crippen LogP contribution >= 0.6 is 11.6 Å². The molecule has 128 valence electrons. The Morgan fingerprint density at radius 2 is 2.00 bits per heavy atom. The third-order valence-electron chi connectivity index (χ3n) is 3.57. The molecule has 2 aromatic carbocycles. The van der Waals surface area contributed by atoms with Crippen molar-refractivity contribution in [1.29, 1.82) is 0 Å². The van der Waals surface area contributed by atoms with Gasteiger partial charge in [-0.2, -0.15) is 0 Å². The average molecular weight is 348 g/mol. The lowest BCUT2D eigenvalue weighted by molar-refractivity contribution is 0.101. The summed E-state index contributed by atoms with van der Waals surface area (Å²) in [6.45, 7) is 2.90. The fourth-order valence-corrected chi connectivity index (χ4v) is 2.33. The maximum Gasteiger partial charge on any atom is 0.159 e. The van der Waals surface area contributed by atoms with Gasteiger partial charge in [0.25, 0.3) is 0 Å². The zero-order valence-electron chi connectivity index (χ0n) is 13.7. The van der Waals surface area contributed by atoms with Gasteiger partial charge in [0, 0.05) is 17.1 Å². The molecule has 2 N–H and O–H groups in total. The molecule has 0 heterocycles. The fourth-order valence-electron chi connectivity index (χ4n) is 2.21. The van der Waals surface area contributed by atoms with E-state index in [4.69, 9.17) is 16.3 Å². The van der Waals surface area contributed by atoms with Crippen LogP contribution in [0.2, 0.25) is 5.02 Å². The molecule has 0 spiro atoms. The van der Waals surface area contributed by atoms with Gasteiger partial charge >= 0.3 is 0 Å². The summed E-state index contributed by atoms with van der Waals surface area (Å²) in [5, 5.41) is 13.9. The zero-order chi connectivity index (χ0) is 17.4. The molecule has 0 aliphatic rings. The largest absolute Gasteiger partial charge is 0.491 e. The summed E-state index contributed by atoms with van der Waals surface area (Å²) in [6, 6.07) is 14.7. The maximum absolute atomic E-state index is 11.3. The van der Waals surface area contributed by atoms with E-state index in [1.54, 1.807) is 24.3 Å². The van der Waals surface area contributed by atoms with Crippen LogP contribution in [0.15, 0.2) is 48.5 Å². The summed E-state index contributed by atoms with van der Waals surface area (Å²) in [5.41, 5.74) is 1.79. The van der Waals surface area contributed by atoms with Crippen LogP contribution in [-0.4, -0.2) is 36.7 Å². The van der Waals surface area contributed by atoms with Gasteiger partial charge < -0.3 is 15.2 Å². The second kappa shape index (κ2) is 9.42. The molecule has 0 aliphatic heterocycles. The number of nitrogens with one attached hydrogen (secondary N) is 1. The number of rotatable bonds is 9. The van der Waals surface area contributed by atoms with Gasteiger partial charge in [-0.25, -0.2) is 0 Å². The van der Waals surface area contributed by atoms with Crippen LogP contribution in [-0.2, 0) is 6.42 Å². The monoisotopic (exact) mass is 347 g/mol. The van der Waals surface area contributed by atoms with Crippen molar-refractivity contribution in [2.45, 2.75) is 19.4 Å². The number of hydrogen-bond acceptors (Lipinski definition) is 4. The predicted octanol–water partition coefficient (Wildman–Crippen LogP) is 3.11. The Labute approximate surface area is 147 Å². The molecule has 24 heavy (non-hydrogen) atoms. The van der Waals surface area contributed by atoms with Gasteiger partial charge in [-0.15, -0.1) is 0 Å². The van der Waals surface area contributed by atoms with E-state index in [2.05, 4.69) is 5.32 Å². The Hall–Kier alpha value is -1.88. The van der Waals surface area contributed by atoms with Crippen LogP contribution in [0.1, 0.15) is 22.8 Å². The summed E-state index contributed by atoms with van der Waals surface area (Å²) in [4.78, 5) is 11.3. The van der Waals surface area contributed by atoms with E-state index in [9.17, 15) is 9.90 Å². The SMILES string of the molecule is CC(=O)c1cccc(OC[C@H](O)CNCCc2ccc(Cl)cc2)c1. The Balaban J connectivity index is 1.66. The van der Waals surface area contributed by atoms with E-state index < -0.39 is 6.10 Å². The summed E-state index contributed by atoms with van der Waals surface area (Å²) in [7, 11) is 0. The minimum atomic E-state index is -0.615. The lowest BCUT2D eigenvalue weighted by Crippen LogP contribution is -2.32. The smallest absolute Gasteiger partial charge is 0.159 e. The number of hydrogen-bond donors (Lipinski definition) is 2. The van der Waals surface area contributed by atoms with Crippen molar-refractivity contribution in [3.8, 4) is 5.75 Å². The Morgan fingerprint density at radius 1 is 1.25 bits per heavy atom. The number of benzene rings is 2. The number of halogens is 1. The van der Waals surface area contributed by atoms with E-state index in [1.807, 2.05) is 24.3 Å². The summed E-state index contributed by atoms with van der Waals surface area (Å²) < 4.78 is 5.53. The molecule has 0 aromatic heterocycles. The minimum absolute atomic E-state index is 0.00938. The average Bonchev–Trinajstić information content (AvgIpc) is 2.58. The first-order chi connectivity index (χ1) is 11.5. The summed E-state index contributed by atoms with van der Waals surface area (Å²) in [5.74, 6) is 0.577. The molecular formula is C19H22ClNO3. The third-order valence-corrected chi connectivity index (χ3v) is 3.82. The number of aliphatic hydroxyl groups is 1. The summed E-state index contributed by atoms with van der Waals surface area (Å²) in [6.07, 6.45) is 0.252. The van der Waals surface area contributed by atoms with Gasteiger partial charge in [-0.1, -0.05) is 35.9 Å². The highest BCUT2D eigenvalue weighted by Crippen LogP contribution is 2.14. The molecule has 0 unspecified atom stereocenters. The second-order valence-corrected chi connectivity index (χ2v) is 6.07. The highest BCUT2D eigenvalue weighted by atomic mass is 35.5. The molecule has 4 nitrogen and oxygen atoms in total. The standard InChI is InChI=1S/C19H22ClNO3/c1-14(22)16-3-2-4-19(11-16)24-13-18(23)12-21-10-9-15-5-7-17(20)8-6-15/h2-8,11,18,21,23H,9-10,12-13H2,1H3/t18-/m1/s1. The molecule has 5 heteroatoms. The van der Waals surface area contributed by atoms with Gasteiger partial charge in [0.2, 0.25) is 0 Å². The Morgan fingerprint density at radius 3 is 2.71 bits per heavy atom. The number of aliphatic hydroxyl groups excluding tert-OH is 1. The van der Waals surface area contributed by atoms with Crippen LogP contribution < -0.4 is 10.1 Å². The molecule has 0 saturated carbocycles. The second-order valence-electron chi connectivity index (χ2n) is 5.63. The van der Waals surface area contributed by atoms with Gasteiger partial charge in [0.15, 0.2) is 5.78 Å². The van der Waals surface area contributed by atoms with Crippen molar-refractivity contribution in [2.24, 2.45) is 0 Å². The van der Waals surface area contributed by atoms with Crippen LogP contribution in [0, 0.1) is 0 Å². The molecule has 2 rings (SSSR count). The van der Waals surface area contributed by atoms with E-state index in [0.29, 0.717) is 17.9 Å². The van der Waals surface area contributed by atoms with E-state index in [1.165, 1.54) is 12.5 Å². The van der Waals surface area contributed by atoms with Crippen LogP contribution in [0.25, 0.3) is 0 Å². The molecule has 1 atom stereocenters. The van der Waals surface area contributed by atoms with Gasteiger partial charge in [0.05, 0.1) is 0 Å². The predicted molar refractivity (Wildman–Crippen MR) is 96.0 cm³/mol. The van der Waals surface area contributed by atoms with Gasteiger partial charge in [0.1, 0.15) is 18.5 Å². The lowest BCUT2D eigenvalue weighted by atomic mass is 10.1. The number of ketones is 1. The van der Waals surface area contributed by atoms with Crippen molar-refractivity contribution in [3.05, 3.63) is 64.7 Å². The van der Waals surface area contributed by atoms with E-state index >= 15 is 0 Å². The maximum atomic E-state index is 11.3. The normalized spacial score (nSPS) is 12.0. The highest BCUT2D eigenvalue weighted by Gasteiger charge is 2.06. The van der Waals surface area contributed by atoms with Crippen molar-refractivity contribution in [2.75, 3.05) is 19.7 Å². The van der Waals surface area contributed by atoms with Crippen molar-refractivity contribution >= 4 is 17.4 Å². The molecule has 0 radical (unpaired) electrons. The molecule has 0 aliphatic carbocycles. The van der Waals surface area contributed by atoms with Gasteiger partial charge in [-0.3, -0.25) is 4.79 Å². The Kier molecular flexibility index (Phi) is 7.25. The molecule has 0 bridgehead atoms. The molecule has 0 fully saturated rings. The first-order valence-electron chi connectivity index (χ1n) is 7.91. The third kappa shape index (κ3) is 6.32. The van der Waals surface area contributed by atoms with Crippen molar-refractivity contribution in [1.82, 2.24) is 5.32 Å². The number of carbonyl (C=O) groups excluding carboxylic acids is 1. The number of carbonyl (C=O) groups is 1. The van der Waals surface area contributed by atoms with Gasteiger partial charge in [-0.05, 0) is 49.7 Å². The number of Topliss-reactive ketones (excluding diaryl/α,β-unsaturated/α-hetero) is 1.